The molecular weight excluding hydrogens is 566 g/mol. The molecule has 2 aromatic carbocycles. The number of Topliss-reactive ketones (excluding diaryl/α,β-unsaturated/α-hetero) is 1. The summed E-state index contributed by atoms with van der Waals surface area (Å²) < 4.78 is 22.3. The molecule has 2 aromatic rings. The first-order chi connectivity index (χ1) is 18.7. The predicted octanol–water partition coefficient (Wildman–Crippen LogP) is 6.10. The number of phenolic OH excluding ortho intramolecular Hbond substituents is 1. The number of hydrogen-bond acceptors (Lipinski definition) is 8. The molecular formula is C30H34BrNO7. The largest absolute Gasteiger partial charge is 0.503 e. The van der Waals surface area contributed by atoms with Crippen LogP contribution in [0, 0.1) is 5.92 Å². The molecule has 1 N–H and O–H groups in total. The van der Waals surface area contributed by atoms with Crippen LogP contribution in [0.1, 0.15) is 62.5 Å². The molecule has 0 saturated heterocycles. The number of halogens is 1. The van der Waals surface area contributed by atoms with Crippen molar-refractivity contribution in [3.8, 4) is 23.0 Å². The Labute approximate surface area is 237 Å². The maximum atomic E-state index is 13.9. The third kappa shape index (κ3) is 5.69. The Kier molecular flexibility index (Phi) is 9.00. The van der Waals surface area contributed by atoms with Crippen LogP contribution in [-0.2, 0) is 14.3 Å². The van der Waals surface area contributed by atoms with Crippen LogP contribution < -0.4 is 14.2 Å². The highest BCUT2D eigenvalue weighted by Gasteiger charge is 2.45. The van der Waals surface area contributed by atoms with Gasteiger partial charge < -0.3 is 24.1 Å². The SMILES string of the molecule is CCCCOC(=O)C1C(C)=NC2=C(C(=O)C[C@@H](c3ccc(OC)c(OC)c3)C2)[C@@H]1c1cc(Br)c(O)c(OC)c1. The number of ether oxygens (including phenoxy) is 4. The van der Waals surface area contributed by atoms with Crippen molar-refractivity contribution < 1.29 is 33.6 Å². The number of methoxy groups -OCH3 is 3. The number of carbonyl (C=O) groups excluding carboxylic acids is 2. The van der Waals surface area contributed by atoms with E-state index in [4.69, 9.17) is 23.9 Å². The van der Waals surface area contributed by atoms with E-state index in [0.717, 1.165) is 18.4 Å². The summed E-state index contributed by atoms with van der Waals surface area (Å²) in [5, 5.41) is 10.4. The second-order valence-corrected chi connectivity index (χ2v) is 10.6. The second-order valence-electron chi connectivity index (χ2n) is 9.79. The summed E-state index contributed by atoms with van der Waals surface area (Å²) in [6.07, 6.45) is 2.42. The third-order valence-corrected chi connectivity index (χ3v) is 8.00. The van der Waals surface area contributed by atoms with E-state index in [0.29, 0.717) is 51.5 Å². The number of aromatic hydroxyl groups is 1. The fraction of sp³-hybridized carbons (Fsp3) is 0.433. The van der Waals surface area contributed by atoms with Crippen molar-refractivity contribution in [2.45, 2.75) is 51.4 Å². The number of benzene rings is 2. The summed E-state index contributed by atoms with van der Waals surface area (Å²) in [7, 11) is 4.62. The van der Waals surface area contributed by atoms with E-state index in [2.05, 4.69) is 15.9 Å². The number of ketones is 1. The first kappa shape index (κ1) is 28.7. The maximum absolute atomic E-state index is 13.9. The lowest BCUT2D eigenvalue weighted by atomic mass is 9.69. The monoisotopic (exact) mass is 599 g/mol. The Morgan fingerprint density at radius 3 is 2.38 bits per heavy atom. The van der Waals surface area contributed by atoms with Crippen LogP contribution in [-0.4, -0.2) is 50.5 Å². The average Bonchev–Trinajstić information content (AvgIpc) is 2.93. The summed E-state index contributed by atoms with van der Waals surface area (Å²) in [4.78, 5) is 32.1. The minimum absolute atomic E-state index is 0.0535. The lowest BCUT2D eigenvalue weighted by Gasteiger charge is -2.36. The molecule has 0 saturated carbocycles. The molecule has 2 aliphatic rings. The number of unbranched alkanes of at least 4 members (excludes halogenated alkanes) is 1. The molecule has 39 heavy (non-hydrogen) atoms. The van der Waals surface area contributed by atoms with E-state index in [-0.39, 0.29) is 29.6 Å². The van der Waals surface area contributed by atoms with E-state index >= 15 is 0 Å². The van der Waals surface area contributed by atoms with Gasteiger partial charge in [-0.1, -0.05) is 19.4 Å². The van der Waals surface area contributed by atoms with Crippen LogP contribution in [0.2, 0.25) is 0 Å². The van der Waals surface area contributed by atoms with Crippen LogP contribution in [0.3, 0.4) is 0 Å². The molecule has 0 radical (unpaired) electrons. The van der Waals surface area contributed by atoms with Crippen molar-refractivity contribution >= 4 is 33.4 Å². The molecule has 3 atom stereocenters. The zero-order valence-corrected chi connectivity index (χ0v) is 24.5. The van der Waals surface area contributed by atoms with E-state index in [1.807, 2.05) is 25.1 Å². The minimum atomic E-state index is -0.775. The Morgan fingerprint density at radius 2 is 1.72 bits per heavy atom. The topological polar surface area (TPSA) is 104 Å². The van der Waals surface area contributed by atoms with Crippen LogP contribution in [0.25, 0.3) is 0 Å². The molecule has 9 heteroatoms. The van der Waals surface area contributed by atoms with Gasteiger partial charge in [-0.25, -0.2) is 0 Å². The summed E-state index contributed by atoms with van der Waals surface area (Å²) >= 11 is 3.40. The van der Waals surface area contributed by atoms with Crippen molar-refractivity contribution in [1.29, 1.82) is 0 Å². The Balaban J connectivity index is 1.80. The number of allylic oxidation sites excluding steroid dienone is 2. The molecule has 8 nitrogen and oxygen atoms in total. The quantitative estimate of drug-likeness (QED) is 0.274. The van der Waals surface area contributed by atoms with Gasteiger partial charge in [0.05, 0.1) is 32.4 Å². The van der Waals surface area contributed by atoms with Crippen LogP contribution >= 0.6 is 15.9 Å². The van der Waals surface area contributed by atoms with Crippen molar-refractivity contribution in [3.63, 3.8) is 0 Å². The zero-order valence-electron chi connectivity index (χ0n) is 22.9. The van der Waals surface area contributed by atoms with Crippen molar-refractivity contribution in [2.24, 2.45) is 10.9 Å². The molecule has 1 aliphatic carbocycles. The number of carbonyl (C=O) groups is 2. The highest BCUT2D eigenvalue weighted by atomic mass is 79.9. The minimum Gasteiger partial charge on any atom is -0.503 e. The Hall–Kier alpha value is -3.33. The highest BCUT2D eigenvalue weighted by Crippen LogP contribution is 2.49. The average molecular weight is 601 g/mol. The van der Waals surface area contributed by atoms with Gasteiger partial charge in [-0.05, 0) is 77.0 Å². The van der Waals surface area contributed by atoms with E-state index in [1.165, 1.54) is 7.11 Å². The van der Waals surface area contributed by atoms with Crippen LogP contribution in [0.15, 0.2) is 51.1 Å². The van der Waals surface area contributed by atoms with Gasteiger partial charge in [-0.15, -0.1) is 0 Å². The van der Waals surface area contributed by atoms with Gasteiger partial charge in [0.1, 0.15) is 5.92 Å². The fourth-order valence-corrected chi connectivity index (χ4v) is 5.86. The molecule has 4 rings (SSSR count). The first-order valence-corrected chi connectivity index (χ1v) is 13.8. The fourth-order valence-electron chi connectivity index (χ4n) is 5.40. The molecule has 1 unspecified atom stereocenters. The van der Waals surface area contributed by atoms with Crippen molar-refractivity contribution in [1.82, 2.24) is 0 Å². The lowest BCUT2D eigenvalue weighted by molar-refractivity contribution is -0.146. The second kappa shape index (κ2) is 12.2. The first-order valence-electron chi connectivity index (χ1n) is 13.0. The maximum Gasteiger partial charge on any atom is 0.315 e. The van der Waals surface area contributed by atoms with Gasteiger partial charge in [0.2, 0.25) is 0 Å². The zero-order chi connectivity index (χ0) is 28.3. The standard InChI is InChI=1S/C30H34BrNO7/c1-6-7-10-39-30(35)26-16(2)32-21-12-18(17-8-9-23(36-3)24(14-17)37-4)13-22(33)28(21)27(26)19-11-20(31)29(34)25(15-19)38-5/h8-9,11,14-15,18,26-27,34H,6-7,10,12-13H2,1-5H3/t18-,26?,27+/m0/s1. The third-order valence-electron chi connectivity index (χ3n) is 7.39. The summed E-state index contributed by atoms with van der Waals surface area (Å²) in [6.45, 7) is 4.13. The van der Waals surface area contributed by atoms with Gasteiger partial charge in [-0.3, -0.25) is 14.6 Å². The number of esters is 1. The Morgan fingerprint density at radius 1 is 1.03 bits per heavy atom. The van der Waals surface area contributed by atoms with E-state index < -0.39 is 17.8 Å². The molecule has 0 amide bonds. The van der Waals surface area contributed by atoms with Gasteiger partial charge in [-0.2, -0.15) is 0 Å². The molecule has 1 heterocycles. The molecule has 0 bridgehead atoms. The van der Waals surface area contributed by atoms with Crippen molar-refractivity contribution in [2.75, 3.05) is 27.9 Å². The summed E-state index contributed by atoms with van der Waals surface area (Å²) in [5.74, 6) is -0.605. The molecule has 0 fully saturated rings. The summed E-state index contributed by atoms with van der Waals surface area (Å²) in [5.41, 5.74) is 3.37. The smallest absolute Gasteiger partial charge is 0.315 e. The molecule has 0 spiro atoms. The van der Waals surface area contributed by atoms with Gasteiger partial charge in [0.25, 0.3) is 0 Å². The van der Waals surface area contributed by atoms with E-state index in [9.17, 15) is 14.7 Å². The predicted molar refractivity (Wildman–Crippen MR) is 151 cm³/mol. The van der Waals surface area contributed by atoms with Gasteiger partial charge in [0.15, 0.2) is 28.8 Å². The van der Waals surface area contributed by atoms with E-state index in [1.54, 1.807) is 33.3 Å². The number of nitrogens with zero attached hydrogens (tertiary/aromatic N) is 1. The van der Waals surface area contributed by atoms with Gasteiger partial charge in [0, 0.05) is 29.3 Å². The summed E-state index contributed by atoms with van der Waals surface area (Å²) in [6, 6.07) is 9.08. The highest BCUT2D eigenvalue weighted by molar-refractivity contribution is 9.10. The number of hydrogen-bond donors (Lipinski definition) is 1. The number of rotatable bonds is 9. The molecule has 0 aromatic heterocycles. The van der Waals surface area contributed by atoms with Gasteiger partial charge >= 0.3 is 5.97 Å². The molecule has 208 valence electrons. The molecule has 1 aliphatic heterocycles. The van der Waals surface area contributed by atoms with Crippen LogP contribution in [0.5, 0.6) is 23.0 Å². The number of aliphatic imine (C=N–C) groups is 1. The van der Waals surface area contributed by atoms with Crippen molar-refractivity contribution in [3.05, 3.63) is 57.2 Å². The number of phenols is 1. The normalized spacial score (nSPS) is 20.7. The van der Waals surface area contributed by atoms with Crippen LogP contribution in [0.4, 0.5) is 0 Å². The lowest BCUT2D eigenvalue weighted by Crippen LogP contribution is -2.38. The Bertz CT molecular complexity index is 1330.